The molecule has 1 rings (SSSR count). The molecule has 0 aliphatic heterocycles. The van der Waals surface area contributed by atoms with E-state index in [-0.39, 0.29) is 12.7 Å². The van der Waals surface area contributed by atoms with Gasteiger partial charge < -0.3 is 14.9 Å². The minimum Gasteiger partial charge on any atom is -0.394 e. The van der Waals surface area contributed by atoms with E-state index < -0.39 is 6.10 Å². The van der Waals surface area contributed by atoms with E-state index in [1.807, 2.05) is 37.3 Å². The molecular formula is C13H20O3. The van der Waals surface area contributed by atoms with Crippen molar-refractivity contribution in [2.75, 3.05) is 6.61 Å². The maximum atomic E-state index is 9.19. The second kappa shape index (κ2) is 7.39. The summed E-state index contributed by atoms with van der Waals surface area (Å²) in [6.07, 6.45) is 0.810. The van der Waals surface area contributed by atoms with Gasteiger partial charge in [0.1, 0.15) is 0 Å². The first-order valence-corrected chi connectivity index (χ1v) is 5.67. The molecule has 1 aromatic rings. The van der Waals surface area contributed by atoms with Crippen molar-refractivity contribution in [3.63, 3.8) is 0 Å². The Bertz CT molecular complexity index is 274. The van der Waals surface area contributed by atoms with E-state index in [4.69, 9.17) is 9.84 Å². The molecule has 1 aromatic carbocycles. The van der Waals surface area contributed by atoms with Crippen LogP contribution >= 0.6 is 0 Å². The molecule has 0 aromatic heterocycles. The molecule has 0 fully saturated rings. The van der Waals surface area contributed by atoms with Crippen molar-refractivity contribution in [1.82, 2.24) is 0 Å². The molecule has 0 radical (unpaired) electrons. The van der Waals surface area contributed by atoms with Crippen LogP contribution in [0.25, 0.3) is 0 Å². The number of ether oxygens (including phenoxy) is 1. The van der Waals surface area contributed by atoms with Gasteiger partial charge in [0.25, 0.3) is 0 Å². The number of aliphatic hydroxyl groups is 2. The molecule has 0 spiro atoms. The Morgan fingerprint density at radius 3 is 2.50 bits per heavy atom. The van der Waals surface area contributed by atoms with Gasteiger partial charge in [-0.25, -0.2) is 0 Å². The first-order chi connectivity index (χ1) is 7.72. The third kappa shape index (κ3) is 5.26. The molecule has 0 saturated heterocycles. The Kier molecular flexibility index (Phi) is 6.08. The number of rotatable bonds is 7. The topological polar surface area (TPSA) is 49.7 Å². The second-order valence-corrected chi connectivity index (χ2v) is 4.02. The van der Waals surface area contributed by atoms with E-state index in [1.165, 1.54) is 0 Å². The Hall–Kier alpha value is -0.900. The zero-order valence-electron chi connectivity index (χ0n) is 9.67. The van der Waals surface area contributed by atoms with Crippen LogP contribution < -0.4 is 0 Å². The van der Waals surface area contributed by atoms with Crippen LogP contribution in [-0.4, -0.2) is 29.0 Å². The van der Waals surface area contributed by atoms with E-state index in [0.29, 0.717) is 13.0 Å². The first kappa shape index (κ1) is 13.2. The average molecular weight is 224 g/mol. The molecule has 0 saturated carbocycles. The monoisotopic (exact) mass is 224 g/mol. The first-order valence-electron chi connectivity index (χ1n) is 5.67. The summed E-state index contributed by atoms with van der Waals surface area (Å²) in [5, 5.41) is 17.9. The predicted molar refractivity (Wildman–Crippen MR) is 63.0 cm³/mol. The third-order valence-electron chi connectivity index (χ3n) is 2.49. The number of hydrogen-bond donors (Lipinski definition) is 2. The van der Waals surface area contributed by atoms with Crippen LogP contribution in [0.15, 0.2) is 30.3 Å². The highest BCUT2D eigenvalue weighted by Crippen LogP contribution is 2.08. The van der Waals surface area contributed by atoms with Gasteiger partial charge >= 0.3 is 0 Å². The lowest BCUT2D eigenvalue weighted by atomic mass is 10.1. The summed E-state index contributed by atoms with van der Waals surface area (Å²) < 4.78 is 5.63. The average Bonchev–Trinajstić information content (AvgIpc) is 2.34. The lowest BCUT2D eigenvalue weighted by molar-refractivity contribution is 0.0260. The van der Waals surface area contributed by atoms with Crippen LogP contribution in [0.1, 0.15) is 25.3 Å². The largest absolute Gasteiger partial charge is 0.394 e. The Morgan fingerprint density at radius 1 is 1.19 bits per heavy atom. The second-order valence-electron chi connectivity index (χ2n) is 4.02. The summed E-state index contributed by atoms with van der Waals surface area (Å²) >= 11 is 0. The van der Waals surface area contributed by atoms with Crippen molar-refractivity contribution in [1.29, 1.82) is 0 Å². The zero-order chi connectivity index (χ0) is 11.8. The molecule has 2 N–H and O–H groups in total. The standard InChI is InChI=1S/C13H20O3/c1-11(7-8-13(15)9-14)16-10-12-5-3-2-4-6-12/h2-6,11,13-15H,7-10H2,1H3/t11-,13+/m0/s1. The third-order valence-corrected chi connectivity index (χ3v) is 2.49. The van der Waals surface area contributed by atoms with Gasteiger partial charge in [-0.05, 0) is 25.3 Å². The minimum atomic E-state index is -0.622. The summed E-state index contributed by atoms with van der Waals surface area (Å²) in [5.74, 6) is 0. The number of benzene rings is 1. The fraction of sp³-hybridized carbons (Fsp3) is 0.538. The van der Waals surface area contributed by atoms with Crippen molar-refractivity contribution >= 4 is 0 Å². The molecule has 0 aliphatic carbocycles. The van der Waals surface area contributed by atoms with Crippen LogP contribution in [0, 0.1) is 0 Å². The van der Waals surface area contributed by atoms with Gasteiger partial charge in [0.05, 0.1) is 25.4 Å². The quantitative estimate of drug-likeness (QED) is 0.741. The van der Waals surface area contributed by atoms with Gasteiger partial charge in [-0.15, -0.1) is 0 Å². The van der Waals surface area contributed by atoms with Crippen LogP contribution in [0.4, 0.5) is 0 Å². The highest BCUT2D eigenvalue weighted by Gasteiger charge is 2.07. The van der Waals surface area contributed by atoms with E-state index in [0.717, 1.165) is 12.0 Å². The Labute approximate surface area is 96.7 Å². The van der Waals surface area contributed by atoms with Crippen LogP contribution in [-0.2, 0) is 11.3 Å². The van der Waals surface area contributed by atoms with E-state index in [1.54, 1.807) is 0 Å². The molecule has 3 nitrogen and oxygen atoms in total. The molecular weight excluding hydrogens is 204 g/mol. The van der Waals surface area contributed by atoms with Gasteiger partial charge in [-0.3, -0.25) is 0 Å². The highest BCUT2D eigenvalue weighted by molar-refractivity contribution is 5.13. The van der Waals surface area contributed by atoms with Gasteiger partial charge in [-0.2, -0.15) is 0 Å². The van der Waals surface area contributed by atoms with Crippen molar-refractivity contribution in [3.8, 4) is 0 Å². The minimum absolute atomic E-state index is 0.0985. The maximum absolute atomic E-state index is 9.19. The molecule has 90 valence electrons. The van der Waals surface area contributed by atoms with E-state index in [2.05, 4.69) is 0 Å². The van der Waals surface area contributed by atoms with Crippen molar-refractivity contribution in [3.05, 3.63) is 35.9 Å². The van der Waals surface area contributed by atoms with E-state index >= 15 is 0 Å². The number of aliphatic hydroxyl groups excluding tert-OH is 2. The fourth-order valence-electron chi connectivity index (χ4n) is 1.41. The fourth-order valence-corrected chi connectivity index (χ4v) is 1.41. The van der Waals surface area contributed by atoms with Crippen molar-refractivity contribution in [2.24, 2.45) is 0 Å². The molecule has 2 atom stereocenters. The predicted octanol–water partition coefficient (Wildman–Crippen LogP) is 1.73. The highest BCUT2D eigenvalue weighted by atomic mass is 16.5. The summed E-state index contributed by atoms with van der Waals surface area (Å²) in [6, 6.07) is 9.99. The molecule has 0 aliphatic rings. The van der Waals surface area contributed by atoms with Crippen LogP contribution in [0.5, 0.6) is 0 Å². The van der Waals surface area contributed by atoms with Crippen molar-refractivity contribution in [2.45, 2.75) is 38.6 Å². The molecule has 0 amide bonds. The zero-order valence-corrected chi connectivity index (χ0v) is 9.67. The molecule has 16 heavy (non-hydrogen) atoms. The smallest absolute Gasteiger partial charge is 0.0771 e. The molecule has 0 bridgehead atoms. The SMILES string of the molecule is C[C@@H](CC[C@@H](O)CO)OCc1ccccc1. The van der Waals surface area contributed by atoms with Crippen LogP contribution in [0.2, 0.25) is 0 Å². The normalized spacial score (nSPS) is 14.7. The van der Waals surface area contributed by atoms with E-state index in [9.17, 15) is 5.11 Å². The maximum Gasteiger partial charge on any atom is 0.0771 e. The molecule has 3 heteroatoms. The van der Waals surface area contributed by atoms with Gasteiger partial charge in [0, 0.05) is 0 Å². The summed E-state index contributed by atoms with van der Waals surface area (Å²) in [6.45, 7) is 2.40. The summed E-state index contributed by atoms with van der Waals surface area (Å²) in [4.78, 5) is 0. The number of hydrogen-bond acceptors (Lipinski definition) is 3. The summed E-state index contributed by atoms with van der Waals surface area (Å²) in [5.41, 5.74) is 1.15. The van der Waals surface area contributed by atoms with Crippen molar-refractivity contribution < 1.29 is 14.9 Å². The van der Waals surface area contributed by atoms with Gasteiger partial charge in [0.2, 0.25) is 0 Å². The Morgan fingerprint density at radius 2 is 1.88 bits per heavy atom. The molecule has 0 unspecified atom stereocenters. The van der Waals surface area contributed by atoms with Crippen LogP contribution in [0.3, 0.4) is 0 Å². The Balaban J connectivity index is 2.18. The van der Waals surface area contributed by atoms with Gasteiger partial charge in [0.15, 0.2) is 0 Å². The summed E-state index contributed by atoms with van der Waals surface area (Å²) in [7, 11) is 0. The lowest BCUT2D eigenvalue weighted by Gasteiger charge is -2.14. The molecule has 0 heterocycles. The van der Waals surface area contributed by atoms with Gasteiger partial charge in [-0.1, -0.05) is 30.3 Å². The lowest BCUT2D eigenvalue weighted by Crippen LogP contribution is -2.16.